The normalized spacial score (nSPS) is 10.5. The number of rotatable bonds is 6. The van der Waals surface area contributed by atoms with Crippen molar-refractivity contribution in [3.05, 3.63) is 65.2 Å². The second-order valence-corrected chi connectivity index (χ2v) is 6.45. The van der Waals surface area contributed by atoms with E-state index in [0.717, 1.165) is 11.4 Å². The first-order valence-electron chi connectivity index (χ1n) is 8.55. The van der Waals surface area contributed by atoms with Gasteiger partial charge in [0, 0.05) is 31.5 Å². The molecule has 0 radical (unpaired) electrons. The summed E-state index contributed by atoms with van der Waals surface area (Å²) in [5.41, 5.74) is 1.62. The summed E-state index contributed by atoms with van der Waals surface area (Å²) in [5.74, 6) is 2.16. The van der Waals surface area contributed by atoms with Crippen LogP contribution in [0.1, 0.15) is 11.4 Å². The number of urea groups is 1. The van der Waals surface area contributed by atoms with Gasteiger partial charge in [-0.15, -0.1) is 0 Å². The maximum atomic E-state index is 12.0. The minimum atomic E-state index is -0.311. The van der Waals surface area contributed by atoms with Gasteiger partial charge in [-0.05, 0) is 43.7 Å². The summed E-state index contributed by atoms with van der Waals surface area (Å²) in [5, 5.41) is 9.22. The topological polar surface area (TPSA) is 83.9 Å². The third-order valence-corrected chi connectivity index (χ3v) is 4.10. The molecule has 2 heterocycles. The zero-order valence-electron chi connectivity index (χ0n) is 15.2. The Labute approximate surface area is 162 Å². The predicted molar refractivity (Wildman–Crippen MR) is 108 cm³/mol. The number of benzene rings is 1. The van der Waals surface area contributed by atoms with E-state index < -0.39 is 0 Å². The molecule has 27 heavy (non-hydrogen) atoms. The molecular formula is C19H21ClN6O. The second kappa shape index (κ2) is 8.55. The van der Waals surface area contributed by atoms with E-state index in [1.807, 2.05) is 55.1 Å². The number of aryl methyl sites for hydroxylation is 2. The third-order valence-electron chi connectivity index (χ3n) is 3.78. The molecule has 0 bridgehead atoms. The molecule has 0 saturated heterocycles. The van der Waals surface area contributed by atoms with Gasteiger partial charge < -0.3 is 20.5 Å². The second-order valence-electron chi connectivity index (χ2n) is 6.04. The molecule has 8 heteroatoms. The lowest BCUT2D eigenvalue weighted by Gasteiger charge is -2.11. The van der Waals surface area contributed by atoms with Crippen LogP contribution in [0.25, 0.3) is 5.82 Å². The van der Waals surface area contributed by atoms with Gasteiger partial charge >= 0.3 is 6.03 Å². The molecule has 0 aliphatic carbocycles. The van der Waals surface area contributed by atoms with Crippen LogP contribution in [0.3, 0.4) is 0 Å². The monoisotopic (exact) mass is 384 g/mol. The van der Waals surface area contributed by atoms with Gasteiger partial charge in [0.15, 0.2) is 0 Å². The SMILES string of the molecule is Cc1ccc(NC(=O)NCCNc2cc(-n3cccc3)nc(C)n2)c(Cl)c1. The Kier molecular flexibility index (Phi) is 5.93. The van der Waals surface area contributed by atoms with Crippen molar-refractivity contribution in [2.24, 2.45) is 0 Å². The molecule has 0 atom stereocenters. The van der Waals surface area contributed by atoms with Crippen LogP contribution in [-0.2, 0) is 0 Å². The summed E-state index contributed by atoms with van der Waals surface area (Å²) < 4.78 is 1.91. The zero-order chi connectivity index (χ0) is 19.2. The van der Waals surface area contributed by atoms with Crippen LogP contribution in [0.2, 0.25) is 5.02 Å². The summed E-state index contributed by atoms with van der Waals surface area (Å²) >= 11 is 6.12. The van der Waals surface area contributed by atoms with E-state index in [0.29, 0.717) is 35.4 Å². The highest BCUT2D eigenvalue weighted by Crippen LogP contribution is 2.22. The van der Waals surface area contributed by atoms with E-state index in [2.05, 4.69) is 25.9 Å². The van der Waals surface area contributed by atoms with Crippen molar-refractivity contribution < 1.29 is 4.79 Å². The van der Waals surface area contributed by atoms with Crippen LogP contribution >= 0.6 is 11.6 Å². The van der Waals surface area contributed by atoms with Crippen molar-refractivity contribution in [2.75, 3.05) is 23.7 Å². The Morgan fingerprint density at radius 2 is 1.89 bits per heavy atom. The maximum absolute atomic E-state index is 12.0. The van der Waals surface area contributed by atoms with Crippen LogP contribution in [0.4, 0.5) is 16.3 Å². The molecule has 2 amide bonds. The number of carbonyl (C=O) groups is 1. The summed E-state index contributed by atoms with van der Waals surface area (Å²) in [6, 6.07) is 10.9. The number of carbonyl (C=O) groups excluding carboxylic acids is 1. The molecular weight excluding hydrogens is 364 g/mol. The number of nitrogens with one attached hydrogen (secondary N) is 3. The first-order chi connectivity index (χ1) is 13.0. The van der Waals surface area contributed by atoms with Gasteiger partial charge in [-0.2, -0.15) is 0 Å². The third kappa shape index (κ3) is 5.21. The summed E-state index contributed by atoms with van der Waals surface area (Å²) in [7, 11) is 0. The van der Waals surface area contributed by atoms with Crippen LogP contribution < -0.4 is 16.0 Å². The molecule has 1 aromatic carbocycles. The average Bonchev–Trinajstić information content (AvgIpc) is 3.15. The highest BCUT2D eigenvalue weighted by Gasteiger charge is 2.06. The standard InChI is InChI=1S/C19H21ClN6O/c1-13-5-6-16(15(20)11-13)25-19(27)22-8-7-21-17-12-18(24-14(2)23-17)26-9-3-4-10-26/h3-6,9-12H,7-8H2,1-2H3,(H,21,23,24)(H2,22,25,27). The Hall–Kier alpha value is -3.06. The number of halogens is 1. The molecule has 2 aromatic heterocycles. The Morgan fingerprint density at radius 3 is 2.63 bits per heavy atom. The molecule has 3 N–H and O–H groups in total. The number of aromatic nitrogens is 3. The number of hydrogen-bond acceptors (Lipinski definition) is 4. The largest absolute Gasteiger partial charge is 0.368 e. The van der Waals surface area contributed by atoms with Crippen molar-refractivity contribution in [1.82, 2.24) is 19.9 Å². The number of anilines is 2. The smallest absolute Gasteiger partial charge is 0.319 e. The quantitative estimate of drug-likeness (QED) is 0.565. The summed E-state index contributed by atoms with van der Waals surface area (Å²) in [4.78, 5) is 20.8. The molecule has 3 aromatic rings. The molecule has 0 aliphatic heterocycles. The van der Waals surface area contributed by atoms with Gasteiger partial charge in [-0.25, -0.2) is 14.8 Å². The van der Waals surface area contributed by atoms with Crippen molar-refractivity contribution in [3.8, 4) is 5.82 Å². The molecule has 0 fully saturated rings. The van der Waals surface area contributed by atoms with Crippen molar-refractivity contribution >= 4 is 29.1 Å². The molecule has 0 saturated carbocycles. The van der Waals surface area contributed by atoms with Crippen molar-refractivity contribution in [2.45, 2.75) is 13.8 Å². The van der Waals surface area contributed by atoms with Crippen LogP contribution in [0, 0.1) is 13.8 Å². The minimum Gasteiger partial charge on any atom is -0.368 e. The van der Waals surface area contributed by atoms with Gasteiger partial charge in [0.25, 0.3) is 0 Å². The van der Waals surface area contributed by atoms with Gasteiger partial charge in [-0.1, -0.05) is 17.7 Å². The van der Waals surface area contributed by atoms with Gasteiger partial charge in [0.05, 0.1) is 10.7 Å². The van der Waals surface area contributed by atoms with E-state index in [4.69, 9.17) is 11.6 Å². The molecule has 0 aliphatic rings. The van der Waals surface area contributed by atoms with E-state index in [-0.39, 0.29) is 6.03 Å². The fraction of sp³-hybridized carbons (Fsp3) is 0.211. The highest BCUT2D eigenvalue weighted by molar-refractivity contribution is 6.33. The zero-order valence-corrected chi connectivity index (χ0v) is 15.9. The van der Waals surface area contributed by atoms with Gasteiger partial charge in [0.2, 0.25) is 0 Å². The van der Waals surface area contributed by atoms with E-state index in [1.165, 1.54) is 0 Å². The lowest BCUT2D eigenvalue weighted by atomic mass is 10.2. The molecule has 3 rings (SSSR count). The molecule has 7 nitrogen and oxygen atoms in total. The first-order valence-corrected chi connectivity index (χ1v) is 8.93. The summed E-state index contributed by atoms with van der Waals surface area (Å²) in [6.45, 7) is 4.74. The van der Waals surface area contributed by atoms with Crippen LogP contribution in [0.15, 0.2) is 48.8 Å². The molecule has 0 unspecified atom stereocenters. The molecule has 140 valence electrons. The van der Waals surface area contributed by atoms with Crippen molar-refractivity contribution in [1.29, 1.82) is 0 Å². The van der Waals surface area contributed by atoms with Crippen LogP contribution in [-0.4, -0.2) is 33.7 Å². The average molecular weight is 385 g/mol. The minimum absolute atomic E-state index is 0.311. The summed E-state index contributed by atoms with van der Waals surface area (Å²) in [6.07, 6.45) is 3.85. The lowest BCUT2D eigenvalue weighted by molar-refractivity contribution is 0.252. The van der Waals surface area contributed by atoms with E-state index >= 15 is 0 Å². The lowest BCUT2D eigenvalue weighted by Crippen LogP contribution is -2.32. The Morgan fingerprint density at radius 1 is 1.11 bits per heavy atom. The van der Waals surface area contributed by atoms with Gasteiger partial charge in [-0.3, -0.25) is 0 Å². The van der Waals surface area contributed by atoms with Gasteiger partial charge in [0.1, 0.15) is 17.5 Å². The maximum Gasteiger partial charge on any atom is 0.319 e. The fourth-order valence-electron chi connectivity index (χ4n) is 2.52. The van der Waals surface area contributed by atoms with E-state index in [9.17, 15) is 4.79 Å². The number of amides is 2. The van der Waals surface area contributed by atoms with Crippen molar-refractivity contribution in [3.63, 3.8) is 0 Å². The number of nitrogens with zero attached hydrogens (tertiary/aromatic N) is 3. The van der Waals surface area contributed by atoms with Crippen LogP contribution in [0.5, 0.6) is 0 Å². The first kappa shape index (κ1) is 18.7. The number of hydrogen-bond donors (Lipinski definition) is 3. The Balaban J connectivity index is 1.49. The highest BCUT2D eigenvalue weighted by atomic mass is 35.5. The molecule has 0 spiro atoms. The fourth-order valence-corrected chi connectivity index (χ4v) is 2.80. The Bertz CT molecular complexity index is 926. The predicted octanol–water partition coefficient (Wildman–Crippen LogP) is 3.77. The van der Waals surface area contributed by atoms with E-state index in [1.54, 1.807) is 12.1 Å².